The van der Waals surface area contributed by atoms with Gasteiger partial charge in [0.2, 0.25) is 0 Å². The molecule has 1 aromatic carbocycles. The van der Waals surface area contributed by atoms with Crippen molar-refractivity contribution < 1.29 is 0 Å². The van der Waals surface area contributed by atoms with E-state index < -0.39 is 0 Å². The number of anilines is 1. The van der Waals surface area contributed by atoms with Crippen LogP contribution in [0, 0.1) is 5.92 Å². The first-order valence-electron chi connectivity index (χ1n) is 11.2. The van der Waals surface area contributed by atoms with Crippen LogP contribution in [0.4, 0.5) is 5.69 Å². The van der Waals surface area contributed by atoms with E-state index in [0.29, 0.717) is 5.92 Å². The second kappa shape index (κ2) is 8.61. The predicted octanol–water partition coefficient (Wildman–Crippen LogP) is 3.23. The molecule has 31 heavy (non-hydrogen) atoms. The number of nitrogens with two attached hydrogens (primary N) is 1. The highest BCUT2D eigenvalue weighted by molar-refractivity contribution is 5.92. The normalized spacial score (nSPS) is 15.2. The fourth-order valence-corrected chi connectivity index (χ4v) is 4.41. The summed E-state index contributed by atoms with van der Waals surface area (Å²) in [6.07, 6.45) is 4.31. The summed E-state index contributed by atoms with van der Waals surface area (Å²) < 4.78 is 2.01. The molecular formula is C24H29N7. The molecule has 1 fully saturated rings. The van der Waals surface area contributed by atoms with Crippen molar-refractivity contribution in [2.45, 2.75) is 26.3 Å². The Morgan fingerprint density at radius 3 is 2.77 bits per heavy atom. The third-order valence-corrected chi connectivity index (χ3v) is 6.27. The van der Waals surface area contributed by atoms with Crippen LogP contribution in [0.25, 0.3) is 28.1 Å². The molecule has 0 bridgehead atoms. The average molecular weight is 416 g/mol. The largest absolute Gasteiger partial charge is 0.370 e. The van der Waals surface area contributed by atoms with Crippen LogP contribution in [-0.4, -0.2) is 45.8 Å². The number of fused-ring (bicyclic) bond motifs is 2. The van der Waals surface area contributed by atoms with Gasteiger partial charge in [0.15, 0.2) is 11.5 Å². The number of rotatable bonds is 6. The quantitative estimate of drug-likeness (QED) is 0.503. The standard InChI is InChI=1S/C24H29N7/c1-2-26-16-18-10-13-31-22(14-18)28-29-24(31)20-7-6-19-4-3-5-21(23(19)27-20)30-11-8-17(15-25)9-12-30/h3-7,10,13-14,17,26H,2,8-9,11-12,15-16,25H2,1H3. The van der Waals surface area contributed by atoms with Gasteiger partial charge in [-0.05, 0) is 61.7 Å². The molecule has 4 heterocycles. The minimum atomic E-state index is 0.634. The molecular weight excluding hydrogens is 386 g/mol. The topological polar surface area (TPSA) is 84.4 Å². The van der Waals surface area contributed by atoms with Crippen LogP contribution in [-0.2, 0) is 6.54 Å². The first-order valence-corrected chi connectivity index (χ1v) is 11.2. The Bertz CT molecular complexity index is 1190. The van der Waals surface area contributed by atoms with E-state index in [1.807, 2.05) is 16.7 Å². The monoisotopic (exact) mass is 415 g/mol. The second-order valence-corrected chi connectivity index (χ2v) is 8.28. The zero-order valence-electron chi connectivity index (χ0n) is 18.0. The van der Waals surface area contributed by atoms with Crippen molar-refractivity contribution in [3.8, 4) is 11.5 Å². The van der Waals surface area contributed by atoms with Crippen molar-refractivity contribution in [2.75, 3.05) is 31.1 Å². The zero-order valence-corrected chi connectivity index (χ0v) is 18.0. The van der Waals surface area contributed by atoms with E-state index in [-0.39, 0.29) is 0 Å². The summed E-state index contributed by atoms with van der Waals surface area (Å²) in [4.78, 5) is 7.50. The Hall–Kier alpha value is -3.03. The van der Waals surface area contributed by atoms with Crippen LogP contribution >= 0.6 is 0 Å². The van der Waals surface area contributed by atoms with E-state index in [1.165, 1.54) is 11.3 Å². The van der Waals surface area contributed by atoms with Gasteiger partial charge in [-0.15, -0.1) is 10.2 Å². The molecule has 160 valence electrons. The molecule has 3 N–H and O–H groups in total. The fraction of sp³-hybridized carbons (Fsp3) is 0.375. The maximum atomic E-state index is 5.88. The van der Waals surface area contributed by atoms with E-state index >= 15 is 0 Å². The molecule has 0 atom stereocenters. The highest BCUT2D eigenvalue weighted by Crippen LogP contribution is 2.30. The van der Waals surface area contributed by atoms with Crippen LogP contribution in [0.5, 0.6) is 0 Å². The summed E-state index contributed by atoms with van der Waals surface area (Å²) in [7, 11) is 0. The van der Waals surface area contributed by atoms with Crippen molar-refractivity contribution in [3.63, 3.8) is 0 Å². The van der Waals surface area contributed by atoms with Gasteiger partial charge in [0.05, 0.1) is 11.2 Å². The van der Waals surface area contributed by atoms with Gasteiger partial charge >= 0.3 is 0 Å². The molecule has 7 nitrogen and oxygen atoms in total. The van der Waals surface area contributed by atoms with E-state index in [4.69, 9.17) is 10.7 Å². The predicted molar refractivity (Wildman–Crippen MR) is 125 cm³/mol. The number of benzene rings is 1. The number of nitrogens with zero attached hydrogens (tertiary/aromatic N) is 5. The number of para-hydroxylation sites is 1. The molecule has 1 saturated heterocycles. The minimum absolute atomic E-state index is 0.634. The molecule has 0 amide bonds. The number of nitrogens with one attached hydrogen (secondary N) is 1. The molecule has 4 aromatic rings. The molecule has 3 aromatic heterocycles. The minimum Gasteiger partial charge on any atom is -0.370 e. The lowest BCUT2D eigenvalue weighted by Crippen LogP contribution is -2.36. The Balaban J connectivity index is 1.51. The van der Waals surface area contributed by atoms with Gasteiger partial charge in [-0.25, -0.2) is 4.98 Å². The highest BCUT2D eigenvalue weighted by Gasteiger charge is 2.20. The Morgan fingerprint density at radius 1 is 1.10 bits per heavy atom. The molecule has 1 aliphatic rings. The lowest BCUT2D eigenvalue weighted by atomic mass is 9.96. The number of aromatic nitrogens is 4. The lowest BCUT2D eigenvalue weighted by Gasteiger charge is -2.33. The summed E-state index contributed by atoms with van der Waals surface area (Å²) in [5.41, 5.74) is 11.0. The van der Waals surface area contributed by atoms with Crippen LogP contribution in [0.15, 0.2) is 48.7 Å². The van der Waals surface area contributed by atoms with Gasteiger partial charge in [0.1, 0.15) is 5.69 Å². The van der Waals surface area contributed by atoms with Gasteiger partial charge in [0.25, 0.3) is 0 Å². The van der Waals surface area contributed by atoms with Gasteiger partial charge in [-0.3, -0.25) is 4.40 Å². The summed E-state index contributed by atoms with van der Waals surface area (Å²) in [6.45, 7) is 6.70. The Labute approximate surface area is 182 Å². The van der Waals surface area contributed by atoms with Crippen molar-refractivity contribution in [1.82, 2.24) is 24.9 Å². The van der Waals surface area contributed by atoms with E-state index in [2.05, 4.69) is 63.7 Å². The summed E-state index contributed by atoms with van der Waals surface area (Å²) in [5.74, 6) is 1.40. The number of hydrogen-bond donors (Lipinski definition) is 2. The van der Waals surface area contributed by atoms with E-state index in [0.717, 1.165) is 73.6 Å². The van der Waals surface area contributed by atoms with Gasteiger partial charge in [-0.1, -0.05) is 25.1 Å². The summed E-state index contributed by atoms with van der Waals surface area (Å²) in [5, 5.41) is 13.3. The van der Waals surface area contributed by atoms with Crippen molar-refractivity contribution in [2.24, 2.45) is 11.7 Å². The molecule has 7 heteroatoms. The number of pyridine rings is 2. The molecule has 0 saturated carbocycles. The fourth-order valence-electron chi connectivity index (χ4n) is 4.41. The maximum Gasteiger partial charge on any atom is 0.187 e. The van der Waals surface area contributed by atoms with E-state index in [1.54, 1.807) is 0 Å². The van der Waals surface area contributed by atoms with Crippen molar-refractivity contribution >= 4 is 22.2 Å². The first kappa shape index (κ1) is 19.9. The number of piperidine rings is 1. The van der Waals surface area contributed by atoms with Crippen LogP contribution in [0.2, 0.25) is 0 Å². The zero-order chi connectivity index (χ0) is 21.2. The molecule has 0 spiro atoms. The summed E-state index contributed by atoms with van der Waals surface area (Å²) >= 11 is 0. The molecule has 0 unspecified atom stereocenters. The second-order valence-electron chi connectivity index (χ2n) is 8.28. The molecule has 1 aliphatic heterocycles. The number of hydrogen-bond acceptors (Lipinski definition) is 6. The first-order chi connectivity index (χ1) is 15.3. The Morgan fingerprint density at radius 2 is 1.97 bits per heavy atom. The highest BCUT2D eigenvalue weighted by atomic mass is 15.3. The maximum absolute atomic E-state index is 5.88. The van der Waals surface area contributed by atoms with E-state index in [9.17, 15) is 0 Å². The average Bonchev–Trinajstić information content (AvgIpc) is 3.25. The third-order valence-electron chi connectivity index (χ3n) is 6.27. The van der Waals surface area contributed by atoms with Crippen LogP contribution in [0.3, 0.4) is 0 Å². The van der Waals surface area contributed by atoms with Crippen molar-refractivity contribution in [3.05, 3.63) is 54.2 Å². The molecule has 5 rings (SSSR count). The van der Waals surface area contributed by atoms with Gasteiger partial charge < -0.3 is 16.0 Å². The summed E-state index contributed by atoms with van der Waals surface area (Å²) in [6, 6.07) is 14.8. The van der Waals surface area contributed by atoms with Crippen LogP contribution in [0.1, 0.15) is 25.3 Å². The van der Waals surface area contributed by atoms with Crippen LogP contribution < -0.4 is 16.0 Å². The van der Waals surface area contributed by atoms with Gasteiger partial charge in [-0.2, -0.15) is 0 Å². The Kier molecular flexibility index (Phi) is 5.53. The molecule has 0 aliphatic carbocycles. The smallest absolute Gasteiger partial charge is 0.187 e. The third kappa shape index (κ3) is 3.86. The van der Waals surface area contributed by atoms with Gasteiger partial charge in [0, 0.05) is 31.2 Å². The molecule has 0 radical (unpaired) electrons. The SMILES string of the molecule is CCNCc1ccn2c(-c3ccc4cccc(N5CCC(CN)CC5)c4n3)nnc2c1. The lowest BCUT2D eigenvalue weighted by molar-refractivity contribution is 0.415. The van der Waals surface area contributed by atoms with Crippen molar-refractivity contribution in [1.29, 1.82) is 0 Å².